The fraction of sp³-hybridized carbons (Fsp3) is 0.381. The number of piperidine rings is 1. The fourth-order valence-corrected chi connectivity index (χ4v) is 3.26. The maximum absolute atomic E-state index is 12.6. The Hall–Kier alpha value is -2.40. The van der Waals surface area contributed by atoms with E-state index in [9.17, 15) is 9.59 Å². The van der Waals surface area contributed by atoms with E-state index in [1.54, 1.807) is 12.1 Å². The van der Waals surface area contributed by atoms with Crippen molar-refractivity contribution in [1.82, 2.24) is 15.2 Å². The van der Waals surface area contributed by atoms with E-state index in [1.807, 2.05) is 29.2 Å². The highest BCUT2D eigenvalue weighted by Crippen LogP contribution is 2.18. The molecule has 2 amide bonds. The molecule has 1 fully saturated rings. The first-order chi connectivity index (χ1) is 13.0. The number of hydrogen-bond donors (Lipinski definition) is 1. The van der Waals surface area contributed by atoms with Crippen LogP contribution in [0, 0.1) is 5.92 Å². The molecule has 142 valence electrons. The number of halogens is 1. The summed E-state index contributed by atoms with van der Waals surface area (Å²) in [5.74, 6) is 0.352. The van der Waals surface area contributed by atoms with Gasteiger partial charge < -0.3 is 10.2 Å². The smallest absolute Gasteiger partial charge is 0.272 e. The molecule has 1 aliphatic rings. The summed E-state index contributed by atoms with van der Waals surface area (Å²) < 4.78 is 0. The predicted molar refractivity (Wildman–Crippen MR) is 106 cm³/mol. The van der Waals surface area contributed by atoms with Gasteiger partial charge in [0.05, 0.1) is 0 Å². The lowest BCUT2D eigenvalue weighted by atomic mass is 9.99. The molecular weight excluding hydrogens is 362 g/mol. The second-order valence-electron chi connectivity index (χ2n) is 7.04. The number of nitrogens with one attached hydrogen (secondary N) is 1. The van der Waals surface area contributed by atoms with E-state index >= 15 is 0 Å². The van der Waals surface area contributed by atoms with E-state index < -0.39 is 0 Å². The van der Waals surface area contributed by atoms with E-state index in [1.165, 1.54) is 6.20 Å². The monoisotopic (exact) mass is 385 g/mol. The van der Waals surface area contributed by atoms with Gasteiger partial charge in [0.15, 0.2) is 0 Å². The first-order valence-corrected chi connectivity index (χ1v) is 9.68. The minimum absolute atomic E-state index is 0.0993. The van der Waals surface area contributed by atoms with Crippen LogP contribution in [0.2, 0.25) is 5.02 Å². The Balaban J connectivity index is 1.56. The van der Waals surface area contributed by atoms with Crippen molar-refractivity contribution in [3.05, 3.63) is 64.4 Å². The van der Waals surface area contributed by atoms with Crippen molar-refractivity contribution in [2.24, 2.45) is 5.92 Å². The van der Waals surface area contributed by atoms with Crippen molar-refractivity contribution in [3.8, 4) is 0 Å². The molecule has 5 nitrogen and oxygen atoms in total. The molecule has 6 heteroatoms. The molecule has 0 atom stereocenters. The fourth-order valence-electron chi connectivity index (χ4n) is 3.14. The number of hydrogen-bond acceptors (Lipinski definition) is 3. The molecule has 27 heavy (non-hydrogen) atoms. The van der Waals surface area contributed by atoms with Crippen LogP contribution in [0.15, 0.2) is 42.6 Å². The third-order valence-corrected chi connectivity index (χ3v) is 5.18. The summed E-state index contributed by atoms with van der Waals surface area (Å²) in [6.07, 6.45) is 4.26. The van der Waals surface area contributed by atoms with Gasteiger partial charge >= 0.3 is 0 Å². The van der Waals surface area contributed by atoms with Gasteiger partial charge in [0, 0.05) is 36.4 Å². The molecule has 2 aromatic rings. The van der Waals surface area contributed by atoms with Crippen LogP contribution in [-0.4, -0.2) is 41.3 Å². The van der Waals surface area contributed by atoms with Gasteiger partial charge in [0.25, 0.3) is 11.8 Å². The number of pyridine rings is 1. The number of rotatable bonds is 5. The molecule has 3 rings (SSSR count). The number of likely N-dealkylation sites (tertiary alicyclic amines) is 1. The zero-order chi connectivity index (χ0) is 19.2. The van der Waals surface area contributed by atoms with Crippen LogP contribution in [0.4, 0.5) is 0 Å². The van der Waals surface area contributed by atoms with Gasteiger partial charge in [0.2, 0.25) is 0 Å². The van der Waals surface area contributed by atoms with Crippen LogP contribution in [0.3, 0.4) is 0 Å². The molecule has 1 aliphatic heterocycles. The summed E-state index contributed by atoms with van der Waals surface area (Å²) >= 11 is 5.87. The Labute approximate surface area is 164 Å². The van der Waals surface area contributed by atoms with Crippen molar-refractivity contribution in [1.29, 1.82) is 0 Å². The maximum atomic E-state index is 12.6. The quantitative estimate of drug-likeness (QED) is 0.855. The Morgan fingerprint density at radius 2 is 1.89 bits per heavy atom. The topological polar surface area (TPSA) is 62.3 Å². The summed E-state index contributed by atoms with van der Waals surface area (Å²) in [5.41, 5.74) is 1.88. The zero-order valence-electron chi connectivity index (χ0n) is 15.5. The number of aromatic nitrogens is 1. The summed E-state index contributed by atoms with van der Waals surface area (Å²) in [4.78, 5) is 31.0. The van der Waals surface area contributed by atoms with Crippen molar-refractivity contribution in [2.75, 3.05) is 19.6 Å². The van der Waals surface area contributed by atoms with Crippen LogP contribution < -0.4 is 5.32 Å². The SMILES string of the molecule is CC1CCN(C(=O)c2cc(C(=O)NCCc3ccc(Cl)cc3)ccn2)CC1. The second-order valence-corrected chi connectivity index (χ2v) is 7.47. The highest BCUT2D eigenvalue weighted by Gasteiger charge is 2.22. The summed E-state index contributed by atoms with van der Waals surface area (Å²) in [7, 11) is 0. The molecule has 1 saturated heterocycles. The van der Waals surface area contributed by atoms with Crippen molar-refractivity contribution >= 4 is 23.4 Å². The Morgan fingerprint density at radius 3 is 2.59 bits per heavy atom. The number of carbonyl (C=O) groups excluding carboxylic acids is 2. The Morgan fingerprint density at radius 1 is 1.19 bits per heavy atom. The average Bonchev–Trinajstić information content (AvgIpc) is 2.69. The molecule has 0 spiro atoms. The first-order valence-electron chi connectivity index (χ1n) is 9.31. The summed E-state index contributed by atoms with van der Waals surface area (Å²) in [6.45, 7) is 4.21. The van der Waals surface area contributed by atoms with Gasteiger partial charge in [-0.2, -0.15) is 0 Å². The van der Waals surface area contributed by atoms with Crippen molar-refractivity contribution < 1.29 is 9.59 Å². The van der Waals surface area contributed by atoms with E-state index in [-0.39, 0.29) is 11.8 Å². The molecule has 0 unspecified atom stereocenters. The van der Waals surface area contributed by atoms with Crippen LogP contribution in [0.1, 0.15) is 46.2 Å². The molecule has 1 aromatic heterocycles. The number of carbonyl (C=O) groups is 2. The molecule has 0 radical (unpaired) electrons. The highest BCUT2D eigenvalue weighted by molar-refractivity contribution is 6.30. The van der Waals surface area contributed by atoms with Gasteiger partial charge in [-0.1, -0.05) is 30.7 Å². The molecule has 0 aliphatic carbocycles. The molecule has 0 saturated carbocycles. The molecule has 1 aromatic carbocycles. The Kier molecular flexibility index (Phi) is 6.45. The third-order valence-electron chi connectivity index (χ3n) is 4.92. The highest BCUT2D eigenvalue weighted by atomic mass is 35.5. The van der Waals surface area contributed by atoms with E-state index in [2.05, 4.69) is 17.2 Å². The van der Waals surface area contributed by atoms with Crippen LogP contribution in [0.25, 0.3) is 0 Å². The number of benzene rings is 1. The second kappa shape index (κ2) is 9.00. The Bertz CT molecular complexity index is 799. The van der Waals surface area contributed by atoms with Gasteiger partial charge in [-0.05, 0) is 55.0 Å². The lowest BCUT2D eigenvalue weighted by Crippen LogP contribution is -2.38. The molecular formula is C21H24ClN3O2. The largest absolute Gasteiger partial charge is 0.352 e. The van der Waals surface area contributed by atoms with E-state index in [4.69, 9.17) is 11.6 Å². The number of amides is 2. The normalized spacial score (nSPS) is 14.8. The van der Waals surface area contributed by atoms with Gasteiger partial charge in [-0.25, -0.2) is 0 Å². The summed E-state index contributed by atoms with van der Waals surface area (Å²) in [5, 5.41) is 3.58. The zero-order valence-corrected chi connectivity index (χ0v) is 16.2. The lowest BCUT2D eigenvalue weighted by Gasteiger charge is -2.30. The standard InChI is InChI=1S/C21H24ClN3O2/c1-15-8-12-25(13-9-15)21(27)19-14-17(7-11-23-19)20(26)24-10-6-16-2-4-18(22)5-3-16/h2-5,7,11,14-15H,6,8-10,12-13H2,1H3,(H,24,26). The van der Waals surface area contributed by atoms with Crippen molar-refractivity contribution in [3.63, 3.8) is 0 Å². The van der Waals surface area contributed by atoms with E-state index in [0.29, 0.717) is 35.2 Å². The maximum Gasteiger partial charge on any atom is 0.272 e. The molecule has 2 heterocycles. The van der Waals surface area contributed by atoms with Gasteiger partial charge in [-0.15, -0.1) is 0 Å². The van der Waals surface area contributed by atoms with Crippen LogP contribution in [-0.2, 0) is 6.42 Å². The molecule has 1 N–H and O–H groups in total. The van der Waals surface area contributed by atoms with Crippen LogP contribution in [0.5, 0.6) is 0 Å². The van der Waals surface area contributed by atoms with E-state index in [0.717, 1.165) is 31.5 Å². The third kappa shape index (κ3) is 5.30. The lowest BCUT2D eigenvalue weighted by molar-refractivity contribution is 0.0691. The van der Waals surface area contributed by atoms with Gasteiger partial charge in [-0.3, -0.25) is 14.6 Å². The van der Waals surface area contributed by atoms with Crippen LogP contribution >= 0.6 is 11.6 Å². The minimum Gasteiger partial charge on any atom is -0.352 e. The average molecular weight is 386 g/mol. The summed E-state index contributed by atoms with van der Waals surface area (Å²) in [6, 6.07) is 10.8. The predicted octanol–water partition coefficient (Wildman–Crippen LogP) is 3.58. The first kappa shape index (κ1) is 19.4. The minimum atomic E-state index is -0.201. The van der Waals surface area contributed by atoms with Gasteiger partial charge in [0.1, 0.15) is 5.69 Å². The number of nitrogens with zero attached hydrogens (tertiary/aromatic N) is 2. The molecule has 0 bridgehead atoms. The van der Waals surface area contributed by atoms with Crippen molar-refractivity contribution in [2.45, 2.75) is 26.2 Å².